The van der Waals surface area contributed by atoms with Crippen molar-refractivity contribution >= 4 is 33.1 Å². The molecule has 2 aromatic carbocycles. The molecular formula is C21H25N3O3S. The van der Waals surface area contributed by atoms with Crippen LogP contribution in [0.1, 0.15) is 43.1 Å². The van der Waals surface area contributed by atoms with E-state index >= 15 is 0 Å². The van der Waals surface area contributed by atoms with E-state index in [1.54, 1.807) is 24.3 Å². The third kappa shape index (κ3) is 3.94. The van der Waals surface area contributed by atoms with Crippen LogP contribution in [0.5, 0.6) is 0 Å². The maximum atomic E-state index is 12.7. The van der Waals surface area contributed by atoms with Crippen LogP contribution in [0.25, 0.3) is 0 Å². The Bertz CT molecular complexity index is 1040. The van der Waals surface area contributed by atoms with Crippen molar-refractivity contribution < 1.29 is 13.2 Å². The lowest BCUT2D eigenvalue weighted by Crippen LogP contribution is -2.38. The summed E-state index contributed by atoms with van der Waals surface area (Å²) in [6.07, 6.45) is 0.525. The maximum Gasteiger partial charge on any atom is 0.286 e. The number of anilines is 2. The molecule has 3 rings (SSSR count). The normalized spacial score (nSPS) is 15.2. The molecule has 1 heterocycles. The molecule has 0 radical (unpaired) electrons. The molecule has 1 N–H and O–H groups in total. The van der Waals surface area contributed by atoms with Gasteiger partial charge in [0, 0.05) is 24.2 Å². The number of carbonyl (C=O) groups is 1. The fraction of sp³-hybridized carbons (Fsp3) is 0.333. The molecule has 148 valence electrons. The van der Waals surface area contributed by atoms with Gasteiger partial charge in [0.2, 0.25) is 0 Å². The highest BCUT2D eigenvalue weighted by Gasteiger charge is 2.30. The minimum atomic E-state index is -3.81. The Morgan fingerprint density at radius 2 is 1.89 bits per heavy atom. The van der Waals surface area contributed by atoms with Crippen LogP contribution >= 0.6 is 0 Å². The number of aryl methyl sites for hydroxylation is 1. The summed E-state index contributed by atoms with van der Waals surface area (Å²) in [4.78, 5) is 14.6. The van der Waals surface area contributed by atoms with Crippen molar-refractivity contribution in [2.45, 2.75) is 39.0 Å². The lowest BCUT2D eigenvalue weighted by molar-refractivity contribution is 0.102. The minimum Gasteiger partial charge on any atom is -0.328 e. The van der Waals surface area contributed by atoms with Gasteiger partial charge in [0.25, 0.3) is 15.9 Å². The largest absolute Gasteiger partial charge is 0.328 e. The van der Waals surface area contributed by atoms with Crippen LogP contribution in [0, 0.1) is 12.8 Å². The van der Waals surface area contributed by atoms with Crippen molar-refractivity contribution in [2.75, 3.05) is 16.8 Å². The molecule has 7 heteroatoms. The Labute approximate surface area is 166 Å². The van der Waals surface area contributed by atoms with E-state index in [4.69, 9.17) is 0 Å². The Kier molecular flexibility index (Phi) is 5.56. The summed E-state index contributed by atoms with van der Waals surface area (Å²) in [7, 11) is -3.81. The van der Waals surface area contributed by atoms with Gasteiger partial charge < -0.3 is 10.2 Å². The van der Waals surface area contributed by atoms with Gasteiger partial charge in [0.05, 0.1) is 5.69 Å². The van der Waals surface area contributed by atoms with E-state index in [1.165, 1.54) is 6.07 Å². The first-order valence-electron chi connectivity index (χ1n) is 9.35. The molecule has 1 aliphatic rings. The summed E-state index contributed by atoms with van der Waals surface area (Å²) in [6.45, 7) is 8.57. The van der Waals surface area contributed by atoms with Crippen LogP contribution in [-0.4, -0.2) is 26.7 Å². The van der Waals surface area contributed by atoms with Gasteiger partial charge in [-0.15, -0.1) is 4.40 Å². The molecule has 0 saturated carbocycles. The second-order valence-corrected chi connectivity index (χ2v) is 8.86. The number of amidine groups is 1. The van der Waals surface area contributed by atoms with Crippen LogP contribution in [-0.2, 0) is 10.0 Å². The van der Waals surface area contributed by atoms with Crippen molar-refractivity contribution in [1.82, 2.24) is 0 Å². The van der Waals surface area contributed by atoms with Crippen LogP contribution in [0.2, 0.25) is 0 Å². The summed E-state index contributed by atoms with van der Waals surface area (Å²) in [5.74, 6) is 0.603. The fourth-order valence-corrected chi connectivity index (χ4v) is 4.57. The molecule has 0 aromatic heterocycles. The molecule has 1 amide bonds. The average molecular weight is 400 g/mol. The lowest BCUT2D eigenvalue weighted by Gasteiger charge is -2.32. The van der Waals surface area contributed by atoms with Crippen molar-refractivity contribution in [3.8, 4) is 0 Å². The Morgan fingerprint density at radius 1 is 1.18 bits per heavy atom. The molecule has 1 aliphatic heterocycles. The molecule has 0 spiro atoms. The summed E-state index contributed by atoms with van der Waals surface area (Å²) in [6, 6.07) is 12.2. The summed E-state index contributed by atoms with van der Waals surface area (Å²) < 4.78 is 29.4. The van der Waals surface area contributed by atoms with Gasteiger partial charge in [0.15, 0.2) is 0 Å². The maximum absolute atomic E-state index is 12.7. The highest BCUT2D eigenvalue weighted by molar-refractivity contribution is 7.90. The number of nitrogens with zero attached hydrogens (tertiary/aromatic N) is 2. The predicted octanol–water partition coefficient (Wildman–Crippen LogP) is 4.22. The van der Waals surface area contributed by atoms with E-state index < -0.39 is 10.0 Å². The van der Waals surface area contributed by atoms with E-state index in [0.717, 1.165) is 5.56 Å². The molecule has 0 saturated heterocycles. The van der Waals surface area contributed by atoms with E-state index in [2.05, 4.69) is 23.6 Å². The quantitative estimate of drug-likeness (QED) is 0.816. The Hall–Kier alpha value is -2.67. The van der Waals surface area contributed by atoms with Gasteiger partial charge in [-0.25, -0.2) is 0 Å². The molecule has 2 aromatic rings. The standard InChI is InChI=1S/C21H25N3O3S/c1-5-20-23-28(26,27)19-12-16(10-11-18(19)24(20)13-14(2)3)22-21(25)17-9-7-6-8-15(17)4/h6-12,14H,5,13H2,1-4H3,(H,22,25). The Morgan fingerprint density at radius 3 is 2.54 bits per heavy atom. The number of fused-ring (bicyclic) bond motifs is 1. The zero-order valence-corrected chi connectivity index (χ0v) is 17.4. The monoisotopic (exact) mass is 399 g/mol. The second-order valence-electron chi connectivity index (χ2n) is 7.29. The van der Waals surface area contributed by atoms with Gasteiger partial charge in [-0.3, -0.25) is 4.79 Å². The van der Waals surface area contributed by atoms with Crippen molar-refractivity contribution in [3.05, 3.63) is 53.6 Å². The van der Waals surface area contributed by atoms with Crippen LogP contribution < -0.4 is 10.2 Å². The van der Waals surface area contributed by atoms with Gasteiger partial charge in [0.1, 0.15) is 10.7 Å². The zero-order chi connectivity index (χ0) is 20.5. The van der Waals surface area contributed by atoms with Gasteiger partial charge >= 0.3 is 0 Å². The van der Waals surface area contributed by atoms with Crippen LogP contribution in [0.15, 0.2) is 51.8 Å². The fourth-order valence-electron chi connectivity index (χ4n) is 3.25. The van der Waals surface area contributed by atoms with Crippen molar-refractivity contribution in [3.63, 3.8) is 0 Å². The van der Waals surface area contributed by atoms with Gasteiger partial charge in [-0.1, -0.05) is 39.0 Å². The van der Waals surface area contributed by atoms with Crippen LogP contribution in [0.3, 0.4) is 0 Å². The number of carbonyl (C=O) groups excluding carboxylic acids is 1. The van der Waals surface area contributed by atoms with Gasteiger partial charge in [-0.05, 0) is 42.7 Å². The third-order valence-corrected chi connectivity index (χ3v) is 5.91. The summed E-state index contributed by atoms with van der Waals surface area (Å²) >= 11 is 0. The van der Waals surface area contributed by atoms with E-state index in [9.17, 15) is 13.2 Å². The number of amides is 1. The highest BCUT2D eigenvalue weighted by atomic mass is 32.2. The lowest BCUT2D eigenvalue weighted by atomic mass is 10.1. The minimum absolute atomic E-state index is 0.118. The highest BCUT2D eigenvalue weighted by Crippen LogP contribution is 2.35. The molecular weight excluding hydrogens is 374 g/mol. The first kappa shape index (κ1) is 20.1. The van der Waals surface area contributed by atoms with E-state index in [0.29, 0.717) is 41.7 Å². The van der Waals surface area contributed by atoms with Crippen molar-refractivity contribution in [2.24, 2.45) is 10.3 Å². The second kappa shape index (κ2) is 7.75. The molecule has 0 atom stereocenters. The number of rotatable bonds is 5. The first-order chi connectivity index (χ1) is 13.2. The third-order valence-electron chi connectivity index (χ3n) is 4.58. The molecule has 28 heavy (non-hydrogen) atoms. The number of hydrogen-bond acceptors (Lipinski definition) is 4. The predicted molar refractivity (Wildman–Crippen MR) is 113 cm³/mol. The SMILES string of the molecule is CCC1=NS(=O)(=O)c2cc(NC(=O)c3ccccc3C)ccc2N1CC(C)C. The molecule has 6 nitrogen and oxygen atoms in total. The number of nitrogens with one attached hydrogen (secondary N) is 1. The van der Waals surface area contributed by atoms with E-state index in [1.807, 2.05) is 30.9 Å². The smallest absolute Gasteiger partial charge is 0.286 e. The molecule has 0 bridgehead atoms. The number of sulfonamides is 1. The van der Waals surface area contributed by atoms with Crippen molar-refractivity contribution in [1.29, 1.82) is 0 Å². The molecule has 0 unspecified atom stereocenters. The molecule has 0 aliphatic carbocycles. The van der Waals surface area contributed by atoms with E-state index in [-0.39, 0.29) is 10.8 Å². The van der Waals surface area contributed by atoms with Crippen LogP contribution in [0.4, 0.5) is 11.4 Å². The number of benzene rings is 2. The topological polar surface area (TPSA) is 78.8 Å². The average Bonchev–Trinajstić information content (AvgIpc) is 2.64. The zero-order valence-electron chi connectivity index (χ0n) is 16.6. The summed E-state index contributed by atoms with van der Waals surface area (Å²) in [5, 5.41) is 2.80. The van der Waals surface area contributed by atoms with Gasteiger partial charge in [-0.2, -0.15) is 8.42 Å². The Balaban J connectivity index is 1.99. The first-order valence-corrected chi connectivity index (χ1v) is 10.8. The molecule has 0 fully saturated rings. The summed E-state index contributed by atoms with van der Waals surface area (Å²) in [5.41, 5.74) is 2.44. The number of hydrogen-bond donors (Lipinski definition) is 1.